The van der Waals surface area contributed by atoms with E-state index < -0.39 is 41.4 Å². The number of fused-ring (bicyclic) bond motifs is 5. The van der Waals surface area contributed by atoms with E-state index in [-0.39, 0.29) is 104 Å². The molecule has 2 bridgehead atoms. The monoisotopic (exact) mass is 1110 g/mol. The van der Waals surface area contributed by atoms with E-state index in [0.717, 1.165) is 5.56 Å². The summed E-state index contributed by atoms with van der Waals surface area (Å²) in [6, 6.07) is 14.9. The number of hydrogen-bond acceptors (Lipinski definition) is 16. The number of likely N-dealkylation sites (tertiary alicyclic amines) is 1. The lowest BCUT2D eigenvalue weighted by Gasteiger charge is -2.36. The molecule has 0 saturated carbocycles. The van der Waals surface area contributed by atoms with Gasteiger partial charge in [-0.15, -0.1) is 0 Å². The molecule has 4 heterocycles. The van der Waals surface area contributed by atoms with Gasteiger partial charge >= 0.3 is 0 Å². The summed E-state index contributed by atoms with van der Waals surface area (Å²) in [6.07, 6.45) is 1.88. The van der Waals surface area contributed by atoms with Gasteiger partial charge in [0.25, 0.3) is 5.91 Å². The van der Waals surface area contributed by atoms with Gasteiger partial charge in [0.05, 0.1) is 83.7 Å². The van der Waals surface area contributed by atoms with Gasteiger partial charge in [0.1, 0.15) is 30.1 Å². The first-order valence-electron chi connectivity index (χ1n) is 27.3. The van der Waals surface area contributed by atoms with Gasteiger partial charge in [0.2, 0.25) is 23.6 Å². The zero-order valence-electron chi connectivity index (χ0n) is 47.3. The smallest absolute Gasteiger partial charge is 0.254 e. The van der Waals surface area contributed by atoms with Crippen LogP contribution in [0.5, 0.6) is 5.75 Å². The molecule has 22 nitrogen and oxygen atoms in total. The van der Waals surface area contributed by atoms with E-state index in [2.05, 4.69) is 42.7 Å². The summed E-state index contributed by atoms with van der Waals surface area (Å²) < 4.78 is 44.8. The number of ether oxygens (including phenoxy) is 5. The van der Waals surface area contributed by atoms with Crippen molar-refractivity contribution in [2.24, 2.45) is 5.41 Å². The largest absolute Gasteiger partial charge is 0.482 e. The molecule has 0 radical (unpaired) electrons. The van der Waals surface area contributed by atoms with Gasteiger partial charge in [-0.05, 0) is 69.0 Å². The van der Waals surface area contributed by atoms with Gasteiger partial charge in [0, 0.05) is 67.6 Å². The van der Waals surface area contributed by atoms with Crippen LogP contribution in [0.3, 0.4) is 0 Å². The number of rotatable bonds is 27. The average Bonchev–Trinajstić information content (AvgIpc) is 4.17. The number of likely N-dealkylation sites (N-methyl/N-ethyl adjacent to an activating group) is 1. The number of nitrogens with one attached hydrogen (secondary N) is 5. The fourth-order valence-electron chi connectivity index (χ4n) is 9.45. The molecule has 2 aromatic carbocycles. The van der Waals surface area contributed by atoms with Crippen molar-refractivity contribution < 1.29 is 52.0 Å². The normalized spacial score (nSPS) is 17.4. The van der Waals surface area contributed by atoms with E-state index in [1.54, 1.807) is 43.6 Å². The minimum Gasteiger partial charge on any atom is -0.482 e. The molecule has 1 fully saturated rings. The second kappa shape index (κ2) is 29.9. The van der Waals surface area contributed by atoms with E-state index in [4.69, 9.17) is 29.4 Å². The van der Waals surface area contributed by atoms with Crippen molar-refractivity contribution in [3.8, 4) is 22.9 Å². The van der Waals surface area contributed by atoms with E-state index in [9.17, 15) is 33.6 Å². The molecule has 434 valence electrons. The summed E-state index contributed by atoms with van der Waals surface area (Å²) in [6.45, 7) is 14.7. The number of pyridine rings is 1. The maximum absolute atomic E-state index is 14.5. The zero-order chi connectivity index (χ0) is 57.9. The topological polar surface area (TPSA) is 279 Å². The van der Waals surface area contributed by atoms with Crippen LogP contribution in [0.4, 0.5) is 10.2 Å². The zero-order valence-corrected chi connectivity index (χ0v) is 47.3. The lowest BCUT2D eigenvalue weighted by atomic mass is 9.85. The number of hydrogen-bond donors (Lipinski definition) is 6. The van der Waals surface area contributed by atoms with E-state index >= 15 is 0 Å². The SMILES string of the molecule is CC[C@@H](NC(=O)[C@@H]1C[C@H](NCCOCCOCCOCCOCCC(=O)NCCn2nc(C#N)c3c2CN(C)C(=O)c2ccc(F)cc2[C@@H](C)Oc2cc-3cnc2N)CN1C(=O)[C@@H](NC(=O)[C@H](C)NC)C(C)(C)C)c1ccccc1. The summed E-state index contributed by atoms with van der Waals surface area (Å²) in [5.41, 5.74) is 8.60. The Balaban J connectivity index is 0.868. The first-order chi connectivity index (χ1) is 38.3. The number of nitriles is 1. The number of halogens is 1. The molecule has 23 heteroatoms. The van der Waals surface area contributed by atoms with E-state index in [0.29, 0.717) is 81.4 Å². The predicted molar refractivity (Wildman–Crippen MR) is 296 cm³/mol. The highest BCUT2D eigenvalue weighted by molar-refractivity contribution is 5.96. The van der Waals surface area contributed by atoms with Crippen LogP contribution in [-0.4, -0.2) is 165 Å². The summed E-state index contributed by atoms with van der Waals surface area (Å²) in [4.78, 5) is 75.3. The van der Waals surface area contributed by atoms with Gasteiger partial charge in [-0.2, -0.15) is 10.4 Å². The Morgan fingerprint density at radius 1 is 0.950 bits per heavy atom. The summed E-state index contributed by atoms with van der Waals surface area (Å²) in [5, 5.41) is 30.1. The van der Waals surface area contributed by atoms with Crippen LogP contribution in [0.1, 0.15) is 106 Å². The van der Waals surface area contributed by atoms with Crippen molar-refractivity contribution in [1.29, 1.82) is 5.26 Å². The number of amides is 5. The fourth-order valence-corrected chi connectivity index (χ4v) is 9.45. The number of nitrogen functional groups attached to an aromatic ring is 1. The van der Waals surface area contributed by atoms with Crippen LogP contribution in [-0.2, 0) is 51.2 Å². The molecule has 0 unspecified atom stereocenters. The minimum atomic E-state index is -0.860. The average molecular weight is 1110 g/mol. The molecule has 1 saturated heterocycles. The Kier molecular flexibility index (Phi) is 23.3. The molecule has 0 spiro atoms. The van der Waals surface area contributed by atoms with Gasteiger partial charge < -0.3 is 65.8 Å². The predicted octanol–water partition coefficient (Wildman–Crippen LogP) is 3.80. The number of benzene rings is 2. The van der Waals surface area contributed by atoms with Gasteiger partial charge in [-0.3, -0.25) is 28.7 Å². The molecule has 2 aliphatic rings. The lowest BCUT2D eigenvalue weighted by Crippen LogP contribution is -2.59. The van der Waals surface area contributed by atoms with Crippen LogP contribution in [0.25, 0.3) is 11.1 Å². The van der Waals surface area contributed by atoms with Gasteiger partial charge in [-0.1, -0.05) is 58.0 Å². The Hall–Kier alpha value is -7.07. The molecule has 6 rings (SSSR count). The van der Waals surface area contributed by atoms with Crippen molar-refractivity contribution in [3.05, 3.63) is 94.7 Å². The number of aromatic nitrogens is 3. The molecule has 4 aromatic rings. The number of anilines is 1. The van der Waals surface area contributed by atoms with Crippen LogP contribution >= 0.6 is 0 Å². The number of carbonyl (C=O) groups excluding carboxylic acids is 5. The maximum Gasteiger partial charge on any atom is 0.254 e. The molecule has 2 aliphatic heterocycles. The third-order valence-electron chi connectivity index (χ3n) is 14.0. The van der Waals surface area contributed by atoms with Crippen LogP contribution < -0.4 is 37.1 Å². The van der Waals surface area contributed by atoms with E-state index in [1.807, 2.05) is 58.0 Å². The van der Waals surface area contributed by atoms with Crippen LogP contribution in [0, 0.1) is 22.6 Å². The minimum absolute atomic E-state index is 0.0215. The Bertz CT molecular complexity index is 2770. The van der Waals surface area contributed by atoms with Crippen molar-refractivity contribution in [2.75, 3.05) is 92.3 Å². The Morgan fingerprint density at radius 3 is 2.27 bits per heavy atom. The highest BCUT2D eigenvalue weighted by Gasteiger charge is 2.45. The summed E-state index contributed by atoms with van der Waals surface area (Å²) in [5.74, 6) is -1.78. The number of carbonyl (C=O) groups is 5. The number of nitrogens with zero attached hydrogens (tertiary/aromatic N) is 6. The Morgan fingerprint density at radius 2 is 1.62 bits per heavy atom. The molecule has 2 aromatic heterocycles. The molecule has 7 N–H and O–H groups in total. The first kappa shape index (κ1) is 62.1. The second-order valence-corrected chi connectivity index (χ2v) is 20.9. The van der Waals surface area contributed by atoms with Crippen molar-refractivity contribution in [2.45, 2.75) is 110 Å². The first-order valence-corrected chi connectivity index (χ1v) is 27.3. The van der Waals surface area contributed by atoms with Crippen LogP contribution in [0.2, 0.25) is 0 Å². The quantitative estimate of drug-likeness (QED) is 0.0463. The van der Waals surface area contributed by atoms with Crippen LogP contribution in [0.15, 0.2) is 60.8 Å². The number of nitrogens with two attached hydrogens (primary N) is 1. The maximum atomic E-state index is 14.5. The molecule has 80 heavy (non-hydrogen) atoms. The molecule has 6 atom stereocenters. The standard InChI is InChI=1S/C57H79FN12O10/c1-9-44(38-13-11-10-12-14-38)65-54(73)46-31-41(34-69(46)56(75)51(57(4,5)6)66-53(72)36(2)61-7)62-19-22-77-24-26-79-28-27-78-25-23-76-21-17-49(71)63-18-20-70-47-35-68(8)55(74)42-16-15-40(58)30-43(42)37(3)80-48-29-39(33-64-52(48)60)50(47)45(32-59)67-70/h10-16,29-30,33,36-37,41,44,46,51,61-62H,9,17-28,31,34-35H2,1-8H3,(H2,60,64)(H,63,71)(H,65,73)(H,66,72)/t36-,37+,41-,44+,46-,51+/m0/s1. The molecule has 5 amide bonds. The van der Waals surface area contributed by atoms with Gasteiger partial charge in [0.15, 0.2) is 17.3 Å². The van der Waals surface area contributed by atoms with Crippen molar-refractivity contribution in [1.82, 2.24) is 51.1 Å². The fraction of sp³-hybridized carbons (Fsp3) is 0.544. The van der Waals surface area contributed by atoms with Gasteiger partial charge in [-0.25, -0.2) is 9.37 Å². The third-order valence-corrected chi connectivity index (χ3v) is 14.0. The highest BCUT2D eigenvalue weighted by Crippen LogP contribution is 2.36. The molecular weight excluding hydrogens is 1030 g/mol. The molecular formula is C57H79FN12O10. The second-order valence-electron chi connectivity index (χ2n) is 20.9. The highest BCUT2D eigenvalue weighted by atomic mass is 19.1. The molecule has 0 aliphatic carbocycles. The lowest BCUT2D eigenvalue weighted by molar-refractivity contribution is -0.144. The van der Waals surface area contributed by atoms with Crippen molar-refractivity contribution in [3.63, 3.8) is 0 Å². The van der Waals surface area contributed by atoms with E-state index in [1.165, 1.54) is 29.3 Å². The third kappa shape index (κ3) is 17.0. The Labute approximate surface area is 467 Å². The summed E-state index contributed by atoms with van der Waals surface area (Å²) >= 11 is 0. The summed E-state index contributed by atoms with van der Waals surface area (Å²) in [7, 11) is 3.28. The van der Waals surface area contributed by atoms with Crippen molar-refractivity contribution >= 4 is 35.4 Å².